The van der Waals surface area contributed by atoms with Crippen LogP contribution in [-0.4, -0.2) is 60.8 Å². The Bertz CT molecular complexity index is 1240. The number of rotatable bonds is 12. The maximum absolute atomic E-state index is 14.0. The Hall–Kier alpha value is -3.58. The molecule has 1 aromatic heterocycles. The minimum atomic E-state index is -2.74. The molecule has 0 saturated carbocycles. The van der Waals surface area contributed by atoms with Crippen LogP contribution in [0.5, 0.6) is 5.88 Å². The van der Waals surface area contributed by atoms with Crippen LogP contribution in [0.4, 0.5) is 8.78 Å². The number of aliphatic carboxylic acids is 3. The van der Waals surface area contributed by atoms with E-state index >= 15 is 0 Å². The van der Waals surface area contributed by atoms with E-state index in [0.29, 0.717) is 13.0 Å². The number of hydrogen-bond donors (Lipinski definition) is 5. The predicted molar refractivity (Wildman–Crippen MR) is 127 cm³/mol. The lowest BCUT2D eigenvalue weighted by molar-refractivity contribution is -0.170. The lowest BCUT2D eigenvalue weighted by Gasteiger charge is -2.18. The molecule has 206 valence electrons. The van der Waals surface area contributed by atoms with Gasteiger partial charge >= 0.3 is 17.9 Å². The molecule has 13 heteroatoms. The van der Waals surface area contributed by atoms with Gasteiger partial charge in [-0.15, -0.1) is 0 Å². The molecule has 5 N–H and O–H groups in total. The van der Waals surface area contributed by atoms with Crippen LogP contribution in [0, 0.1) is 17.0 Å². The van der Waals surface area contributed by atoms with Crippen LogP contribution < -0.4 is 10.1 Å². The van der Waals surface area contributed by atoms with Gasteiger partial charge in [0.2, 0.25) is 5.88 Å². The van der Waals surface area contributed by atoms with E-state index in [4.69, 9.17) is 30.6 Å². The van der Waals surface area contributed by atoms with Crippen molar-refractivity contribution in [3.05, 3.63) is 47.2 Å². The maximum atomic E-state index is 14.0. The number of carboxylic acid groups (broad SMARTS) is 3. The predicted octanol–water partition coefficient (Wildman–Crippen LogP) is 2.65. The van der Waals surface area contributed by atoms with Gasteiger partial charge in [0, 0.05) is 27.4 Å². The molecule has 37 heavy (non-hydrogen) atoms. The quantitative estimate of drug-likeness (QED) is 0.273. The number of aliphatic hydroxyl groups is 1. The van der Waals surface area contributed by atoms with Crippen molar-refractivity contribution >= 4 is 17.9 Å². The average Bonchev–Trinajstić information content (AvgIpc) is 3.21. The molecule has 0 spiro atoms. The van der Waals surface area contributed by atoms with E-state index < -0.39 is 66.6 Å². The first-order valence-electron chi connectivity index (χ1n) is 12.8. The molecular weight excluding hydrogens is 496 g/mol. The lowest BCUT2D eigenvalue weighted by Crippen LogP contribution is -2.42. The third kappa shape index (κ3) is 11.3. The highest BCUT2D eigenvalue weighted by Crippen LogP contribution is 2.23. The molecular formula is C24H33F2N3O8. The minimum Gasteiger partial charge on any atom is -0.481 e. The van der Waals surface area contributed by atoms with Gasteiger partial charge in [0.25, 0.3) is 0 Å². The number of benzene rings is 1. The first-order chi connectivity index (χ1) is 18.5. The van der Waals surface area contributed by atoms with Gasteiger partial charge in [-0.1, -0.05) is 20.8 Å². The molecule has 2 rings (SSSR count). The van der Waals surface area contributed by atoms with Crippen molar-refractivity contribution in [2.75, 3.05) is 7.05 Å². The van der Waals surface area contributed by atoms with Crippen LogP contribution in [-0.2, 0) is 34.0 Å². The first-order valence-corrected chi connectivity index (χ1v) is 10.8. The lowest BCUT2D eigenvalue weighted by atomic mass is 9.92. The van der Waals surface area contributed by atoms with E-state index in [0.717, 1.165) is 18.2 Å². The minimum absolute atomic E-state index is 0.00516. The normalized spacial score (nSPS) is 13.8. The molecule has 0 atom stereocenters. The van der Waals surface area contributed by atoms with E-state index in [9.17, 15) is 23.2 Å². The summed E-state index contributed by atoms with van der Waals surface area (Å²) in [6.45, 7) is 1.74. The molecule has 1 heterocycles. The van der Waals surface area contributed by atoms with Gasteiger partial charge in [0.15, 0.2) is 5.60 Å². The number of carboxylic acids is 3. The number of nitrogens with one attached hydrogen (secondary N) is 1. The zero-order valence-corrected chi connectivity index (χ0v) is 20.7. The van der Waals surface area contributed by atoms with E-state index in [2.05, 4.69) is 10.4 Å². The van der Waals surface area contributed by atoms with Gasteiger partial charge in [-0.05, 0) is 37.1 Å². The molecule has 0 aliphatic carbocycles. The number of aromatic nitrogens is 2. The molecule has 0 fully saturated rings. The van der Waals surface area contributed by atoms with Gasteiger partial charge in [-0.3, -0.25) is 9.59 Å². The first kappa shape index (κ1) is 25.1. The summed E-state index contributed by atoms with van der Waals surface area (Å²) in [4.78, 5) is 30.5. The largest absolute Gasteiger partial charge is 0.481 e. The summed E-state index contributed by atoms with van der Waals surface area (Å²) in [6.07, 6.45) is -1.63. The Morgan fingerprint density at radius 2 is 1.70 bits per heavy atom. The number of carbonyl (C=O) groups is 3. The molecule has 0 unspecified atom stereocenters. The third-order valence-corrected chi connectivity index (χ3v) is 4.55. The molecule has 1 aromatic carbocycles. The monoisotopic (exact) mass is 533 g/mol. The molecule has 0 amide bonds. The van der Waals surface area contributed by atoms with E-state index in [-0.39, 0.29) is 17.0 Å². The molecule has 11 nitrogen and oxygen atoms in total. The van der Waals surface area contributed by atoms with Gasteiger partial charge in [0.1, 0.15) is 18.2 Å². The van der Waals surface area contributed by atoms with Crippen molar-refractivity contribution in [3.8, 4) is 5.88 Å². The second-order valence-electron chi connectivity index (χ2n) is 9.08. The third-order valence-electron chi connectivity index (χ3n) is 4.55. The highest BCUT2D eigenvalue weighted by molar-refractivity contribution is 5.88. The SMILES string of the molecule is O=C(O)CC(O)(CC(=O)O)C(=O)O.[2H]C([2H])(NC)c1cc(OC([2H])([2H])c2cc(F)ccc2F)n(CCC(C)(C)C)n1. The summed E-state index contributed by atoms with van der Waals surface area (Å²) >= 11 is 0. The van der Waals surface area contributed by atoms with Crippen molar-refractivity contribution in [1.29, 1.82) is 0 Å². The fourth-order valence-electron chi connectivity index (χ4n) is 2.67. The highest BCUT2D eigenvalue weighted by atomic mass is 19.1. The molecule has 0 radical (unpaired) electrons. The van der Waals surface area contributed by atoms with Crippen LogP contribution in [0.15, 0.2) is 24.3 Å². The Morgan fingerprint density at radius 3 is 2.19 bits per heavy atom. The van der Waals surface area contributed by atoms with Crippen LogP contribution in [0.2, 0.25) is 0 Å². The Labute approximate surface area is 218 Å². The summed E-state index contributed by atoms with van der Waals surface area (Å²) in [7, 11) is 1.43. The number of nitrogens with zero attached hydrogens (tertiary/aromatic N) is 2. The van der Waals surface area contributed by atoms with Crippen LogP contribution in [0.1, 0.15) is 56.8 Å². The van der Waals surface area contributed by atoms with Crippen molar-refractivity contribution in [3.63, 3.8) is 0 Å². The second-order valence-corrected chi connectivity index (χ2v) is 9.08. The van der Waals surface area contributed by atoms with E-state index in [1.807, 2.05) is 20.8 Å². The van der Waals surface area contributed by atoms with Gasteiger partial charge in [-0.25, -0.2) is 18.3 Å². The number of halogens is 2. The fraction of sp³-hybridized carbons (Fsp3) is 0.500. The van der Waals surface area contributed by atoms with E-state index in [1.165, 1.54) is 17.8 Å². The molecule has 2 aromatic rings. The Kier molecular flexibility index (Phi) is 9.26. The summed E-state index contributed by atoms with van der Waals surface area (Å²) in [5.74, 6) is -6.84. The Balaban J connectivity index is 0.000000545. The molecule has 0 aliphatic rings. The van der Waals surface area contributed by atoms with Crippen molar-refractivity contribution in [2.45, 2.75) is 65.2 Å². The smallest absolute Gasteiger partial charge is 0.336 e. The summed E-state index contributed by atoms with van der Waals surface area (Å²) in [5.41, 5.74) is -3.39. The number of ether oxygens (including phenoxy) is 1. The molecule has 0 saturated heterocycles. The maximum Gasteiger partial charge on any atom is 0.336 e. The number of hydrogen-bond acceptors (Lipinski definition) is 7. The molecule has 0 aliphatic heterocycles. The Morgan fingerprint density at radius 1 is 1.11 bits per heavy atom. The van der Waals surface area contributed by atoms with Crippen LogP contribution in [0.3, 0.4) is 0 Å². The van der Waals surface area contributed by atoms with Gasteiger partial charge in [-0.2, -0.15) is 5.10 Å². The summed E-state index contributed by atoms with van der Waals surface area (Å²) < 4.78 is 66.3. The van der Waals surface area contributed by atoms with Gasteiger partial charge in [0.05, 0.1) is 21.3 Å². The second kappa shape index (κ2) is 13.7. The average molecular weight is 534 g/mol. The zero-order chi connectivity index (χ0) is 32.0. The van der Waals surface area contributed by atoms with Crippen LogP contribution >= 0.6 is 0 Å². The standard InChI is InChI=1S/C18H25F2N3O.C6H8O7/c1-18(2,3)7-8-23-17(10-15(22-23)11-21-4)24-12-13-9-14(19)5-6-16(13)20;7-3(8)1-6(13,5(11)12)2-4(9)10/h5-6,9-10,21H,7-8,11-12H2,1-4H3;13H,1-2H2,(H,7,8)(H,9,10)(H,11,12)/i11D2,12D2;. The van der Waals surface area contributed by atoms with Crippen molar-refractivity contribution in [2.24, 2.45) is 5.41 Å². The zero-order valence-electron chi connectivity index (χ0n) is 24.7. The van der Waals surface area contributed by atoms with Crippen molar-refractivity contribution in [1.82, 2.24) is 15.1 Å². The van der Waals surface area contributed by atoms with Crippen LogP contribution in [0.25, 0.3) is 0 Å². The fourth-order valence-corrected chi connectivity index (χ4v) is 2.67. The number of aryl methyl sites for hydroxylation is 1. The molecule has 0 bridgehead atoms. The van der Waals surface area contributed by atoms with E-state index in [1.54, 1.807) is 0 Å². The summed E-state index contributed by atoms with van der Waals surface area (Å²) in [6, 6.07) is 3.71. The van der Waals surface area contributed by atoms with Crippen molar-refractivity contribution < 1.29 is 53.8 Å². The summed E-state index contributed by atoms with van der Waals surface area (Å²) in [5, 5.41) is 40.5. The van der Waals surface area contributed by atoms with Gasteiger partial charge < -0.3 is 30.5 Å². The highest BCUT2D eigenvalue weighted by Gasteiger charge is 2.40. The topological polar surface area (TPSA) is 171 Å².